The molecule has 3 amide bonds. The molecule has 0 saturated carbocycles. The lowest BCUT2D eigenvalue weighted by molar-refractivity contribution is 0.187. The zero-order valence-electron chi connectivity index (χ0n) is 15.2. The van der Waals surface area contributed by atoms with Crippen molar-refractivity contribution in [1.29, 1.82) is 0 Å². The Kier molecular flexibility index (Phi) is 5.56. The van der Waals surface area contributed by atoms with Crippen LogP contribution in [0.2, 0.25) is 0 Å². The number of carbonyl (C=O) groups excluding carboxylic acids is 2. The van der Waals surface area contributed by atoms with Crippen LogP contribution in [0.25, 0.3) is 10.8 Å². The molecule has 0 atom stereocenters. The van der Waals surface area contributed by atoms with Gasteiger partial charge in [-0.3, -0.25) is 5.32 Å². The highest BCUT2D eigenvalue weighted by molar-refractivity contribution is 5.92. The van der Waals surface area contributed by atoms with Gasteiger partial charge in [-0.25, -0.2) is 9.59 Å². The predicted molar refractivity (Wildman–Crippen MR) is 107 cm³/mol. The molecule has 0 spiro atoms. The third-order valence-corrected chi connectivity index (χ3v) is 4.18. The number of urea groups is 1. The van der Waals surface area contributed by atoms with Crippen LogP contribution in [0.3, 0.4) is 0 Å². The second-order valence-corrected chi connectivity index (χ2v) is 6.12. The van der Waals surface area contributed by atoms with Gasteiger partial charge in [0.1, 0.15) is 0 Å². The van der Waals surface area contributed by atoms with E-state index in [9.17, 15) is 9.59 Å². The van der Waals surface area contributed by atoms with Crippen LogP contribution >= 0.6 is 0 Å². The third-order valence-electron chi connectivity index (χ3n) is 4.18. The zero-order chi connectivity index (χ0) is 19.2. The lowest BCUT2D eigenvalue weighted by atomic mass is 10.0. The highest BCUT2D eigenvalue weighted by Crippen LogP contribution is 2.20. The van der Waals surface area contributed by atoms with Gasteiger partial charge in [0, 0.05) is 25.0 Å². The number of nitrogens with zero attached hydrogens (tertiary/aromatic N) is 1. The molecule has 0 heterocycles. The molecule has 138 valence electrons. The number of methoxy groups -OCH3 is 1. The molecular weight excluding hydrogens is 342 g/mol. The van der Waals surface area contributed by atoms with Crippen LogP contribution in [-0.2, 0) is 11.3 Å². The zero-order valence-corrected chi connectivity index (χ0v) is 15.2. The molecule has 3 rings (SSSR count). The van der Waals surface area contributed by atoms with Gasteiger partial charge in [0.2, 0.25) is 0 Å². The molecule has 6 heteroatoms. The van der Waals surface area contributed by atoms with Crippen LogP contribution in [-0.4, -0.2) is 31.2 Å². The molecule has 3 aromatic rings. The van der Waals surface area contributed by atoms with Gasteiger partial charge in [0.05, 0.1) is 7.11 Å². The summed E-state index contributed by atoms with van der Waals surface area (Å²) in [5, 5.41) is 7.68. The minimum absolute atomic E-state index is 0.238. The first-order valence-electron chi connectivity index (χ1n) is 8.50. The van der Waals surface area contributed by atoms with E-state index < -0.39 is 6.09 Å². The van der Waals surface area contributed by atoms with Crippen molar-refractivity contribution < 1.29 is 14.3 Å². The summed E-state index contributed by atoms with van der Waals surface area (Å²) in [6.45, 7) is 0.479. The van der Waals surface area contributed by atoms with Crippen LogP contribution in [0, 0.1) is 0 Å². The SMILES string of the molecule is COC(=O)Nc1cccc(NC(=O)N(C)Cc2cccc3ccccc23)c1. The number of carbonyl (C=O) groups is 2. The average molecular weight is 363 g/mol. The normalized spacial score (nSPS) is 10.3. The number of anilines is 2. The van der Waals surface area contributed by atoms with Gasteiger partial charge in [-0.1, -0.05) is 48.5 Å². The summed E-state index contributed by atoms with van der Waals surface area (Å²) in [5.41, 5.74) is 2.20. The Labute approximate surface area is 157 Å². The summed E-state index contributed by atoms with van der Waals surface area (Å²) in [4.78, 5) is 25.5. The molecule has 27 heavy (non-hydrogen) atoms. The number of fused-ring (bicyclic) bond motifs is 1. The minimum atomic E-state index is -0.563. The van der Waals surface area contributed by atoms with Gasteiger partial charge < -0.3 is 15.0 Å². The smallest absolute Gasteiger partial charge is 0.411 e. The Bertz CT molecular complexity index is 966. The van der Waals surface area contributed by atoms with Crippen molar-refractivity contribution in [3.8, 4) is 0 Å². The monoisotopic (exact) mass is 363 g/mol. The fourth-order valence-electron chi connectivity index (χ4n) is 2.82. The number of nitrogens with one attached hydrogen (secondary N) is 2. The van der Waals surface area contributed by atoms with Crippen molar-refractivity contribution >= 4 is 34.3 Å². The Morgan fingerprint density at radius 3 is 2.37 bits per heavy atom. The molecule has 3 aromatic carbocycles. The quantitative estimate of drug-likeness (QED) is 0.707. The van der Waals surface area contributed by atoms with Crippen LogP contribution < -0.4 is 10.6 Å². The molecule has 0 aliphatic carbocycles. The summed E-state index contributed by atoms with van der Waals surface area (Å²) < 4.78 is 4.57. The van der Waals surface area contributed by atoms with Gasteiger partial charge in [0.25, 0.3) is 0 Å². The maximum absolute atomic E-state index is 12.5. The van der Waals surface area contributed by atoms with Crippen LogP contribution in [0.1, 0.15) is 5.56 Å². The second-order valence-electron chi connectivity index (χ2n) is 6.12. The van der Waals surface area contributed by atoms with Gasteiger partial charge in [-0.15, -0.1) is 0 Å². The van der Waals surface area contributed by atoms with E-state index in [2.05, 4.69) is 33.6 Å². The van der Waals surface area contributed by atoms with Crippen molar-refractivity contribution in [3.63, 3.8) is 0 Å². The van der Waals surface area contributed by atoms with Crippen LogP contribution in [0.5, 0.6) is 0 Å². The molecular formula is C21H21N3O3. The fraction of sp³-hybridized carbons (Fsp3) is 0.143. The van der Waals surface area contributed by atoms with E-state index in [-0.39, 0.29) is 6.03 Å². The first kappa shape index (κ1) is 18.3. The van der Waals surface area contributed by atoms with E-state index in [0.717, 1.165) is 16.3 Å². The van der Waals surface area contributed by atoms with Crippen LogP contribution in [0.15, 0.2) is 66.7 Å². The molecule has 0 aromatic heterocycles. The molecule has 0 aliphatic heterocycles. The van der Waals surface area contributed by atoms with Gasteiger partial charge in [-0.2, -0.15) is 0 Å². The summed E-state index contributed by atoms with van der Waals surface area (Å²) >= 11 is 0. The van der Waals surface area contributed by atoms with E-state index in [1.165, 1.54) is 7.11 Å². The molecule has 0 bridgehead atoms. The number of hydrogen-bond donors (Lipinski definition) is 2. The number of ether oxygens (including phenoxy) is 1. The first-order chi connectivity index (χ1) is 13.1. The van der Waals surface area contributed by atoms with E-state index >= 15 is 0 Å². The van der Waals surface area contributed by atoms with Crippen molar-refractivity contribution in [2.75, 3.05) is 24.8 Å². The fourth-order valence-corrected chi connectivity index (χ4v) is 2.82. The third kappa shape index (κ3) is 4.55. The van der Waals surface area contributed by atoms with Crippen molar-refractivity contribution in [2.24, 2.45) is 0 Å². The highest BCUT2D eigenvalue weighted by Gasteiger charge is 2.11. The molecule has 0 saturated heterocycles. The molecule has 0 aliphatic rings. The van der Waals surface area contributed by atoms with E-state index in [0.29, 0.717) is 17.9 Å². The Hall–Kier alpha value is -3.54. The molecule has 0 fully saturated rings. The summed E-state index contributed by atoms with van der Waals surface area (Å²) in [5.74, 6) is 0. The van der Waals surface area contributed by atoms with Crippen molar-refractivity contribution in [1.82, 2.24) is 4.90 Å². The Balaban J connectivity index is 1.69. The molecule has 0 radical (unpaired) electrons. The Morgan fingerprint density at radius 1 is 0.926 bits per heavy atom. The minimum Gasteiger partial charge on any atom is -0.453 e. The highest BCUT2D eigenvalue weighted by atomic mass is 16.5. The molecule has 6 nitrogen and oxygen atoms in total. The van der Waals surface area contributed by atoms with E-state index in [1.54, 1.807) is 36.2 Å². The number of amides is 3. The van der Waals surface area contributed by atoms with Crippen LogP contribution in [0.4, 0.5) is 21.0 Å². The molecule has 2 N–H and O–H groups in total. The Morgan fingerprint density at radius 2 is 1.59 bits per heavy atom. The summed E-state index contributed by atoms with van der Waals surface area (Å²) in [6.07, 6.45) is -0.563. The molecule has 0 unspecified atom stereocenters. The van der Waals surface area contributed by atoms with Gasteiger partial charge in [-0.05, 0) is 34.5 Å². The second kappa shape index (κ2) is 8.23. The van der Waals surface area contributed by atoms with Crippen molar-refractivity contribution in [2.45, 2.75) is 6.54 Å². The maximum Gasteiger partial charge on any atom is 0.411 e. The topological polar surface area (TPSA) is 70.7 Å². The van der Waals surface area contributed by atoms with E-state index in [4.69, 9.17) is 0 Å². The number of hydrogen-bond acceptors (Lipinski definition) is 3. The standard InChI is InChI=1S/C21H21N3O3/c1-24(14-16-9-5-8-15-7-3-4-12-19(15)16)20(25)22-17-10-6-11-18(13-17)23-21(26)27-2/h3-13H,14H2,1-2H3,(H,22,25)(H,23,26). The van der Waals surface area contributed by atoms with E-state index in [1.807, 2.05) is 24.3 Å². The van der Waals surface area contributed by atoms with Crippen molar-refractivity contribution in [3.05, 3.63) is 72.3 Å². The largest absolute Gasteiger partial charge is 0.453 e. The predicted octanol–water partition coefficient (Wildman–Crippen LogP) is 4.68. The first-order valence-corrected chi connectivity index (χ1v) is 8.50. The van der Waals surface area contributed by atoms with Gasteiger partial charge >= 0.3 is 12.1 Å². The maximum atomic E-state index is 12.5. The lowest BCUT2D eigenvalue weighted by Crippen LogP contribution is -2.30. The number of benzene rings is 3. The average Bonchev–Trinajstić information content (AvgIpc) is 2.68. The summed E-state index contributed by atoms with van der Waals surface area (Å²) in [7, 11) is 3.04. The van der Waals surface area contributed by atoms with Gasteiger partial charge in [0.15, 0.2) is 0 Å². The number of rotatable bonds is 4. The lowest BCUT2D eigenvalue weighted by Gasteiger charge is -2.19. The summed E-state index contributed by atoms with van der Waals surface area (Å²) in [6, 6.07) is 20.8.